The van der Waals surface area contributed by atoms with E-state index in [-0.39, 0.29) is 28.9 Å². The van der Waals surface area contributed by atoms with Crippen LogP contribution >= 0.6 is 11.6 Å². The highest BCUT2D eigenvalue weighted by Crippen LogP contribution is 2.39. The van der Waals surface area contributed by atoms with Gasteiger partial charge in [-0.2, -0.15) is 14.8 Å². The van der Waals surface area contributed by atoms with Crippen LogP contribution in [0, 0.1) is 11.3 Å². The molecule has 3 fully saturated rings. The van der Waals surface area contributed by atoms with Crippen LogP contribution in [-0.2, 0) is 4.74 Å². The number of rotatable bonds is 7. The maximum atomic E-state index is 13.9. The maximum absolute atomic E-state index is 13.9. The number of ether oxygens (including phenoxy) is 1. The molecule has 1 aromatic carbocycles. The Labute approximate surface area is 217 Å². The third-order valence-electron chi connectivity index (χ3n) is 7.05. The summed E-state index contributed by atoms with van der Waals surface area (Å²) in [5.74, 6) is 0.588. The molecule has 0 spiro atoms. The van der Waals surface area contributed by atoms with Gasteiger partial charge < -0.3 is 20.3 Å². The molecule has 0 bridgehead atoms. The molecule has 6 rings (SSSR count). The van der Waals surface area contributed by atoms with Crippen molar-refractivity contribution in [2.24, 2.45) is 0 Å². The van der Waals surface area contributed by atoms with Crippen molar-refractivity contribution in [1.29, 1.82) is 5.26 Å². The lowest BCUT2D eigenvalue weighted by Crippen LogP contribution is -2.50. The number of aromatic nitrogens is 4. The highest BCUT2D eigenvalue weighted by molar-refractivity contribution is 6.36. The Bertz CT molecular complexity index is 1340. The van der Waals surface area contributed by atoms with Gasteiger partial charge in [0.1, 0.15) is 6.07 Å². The molecule has 3 aliphatic rings. The van der Waals surface area contributed by atoms with E-state index >= 15 is 0 Å². The third-order valence-corrected chi connectivity index (χ3v) is 7.44. The first-order valence-corrected chi connectivity index (χ1v) is 12.8. The van der Waals surface area contributed by atoms with E-state index in [1.165, 1.54) is 22.8 Å². The summed E-state index contributed by atoms with van der Waals surface area (Å²) < 4.78 is 34.7. The molecular formula is C24H26ClF2N9O. The summed E-state index contributed by atoms with van der Waals surface area (Å²) in [4.78, 5) is 13.2. The quantitative estimate of drug-likeness (QED) is 0.472. The topological polar surface area (TPSA) is 107 Å². The molecule has 1 aliphatic carbocycles. The maximum Gasteiger partial charge on any atom is 0.264 e. The van der Waals surface area contributed by atoms with Crippen LogP contribution in [0.15, 0.2) is 18.3 Å². The Hall–Kier alpha value is -3.27. The standard InChI is InChI=1S/C24H26ClF2N9O/c25-20-18(31-24-32-22(30-15-1-2-15)23-29-12-17(11-28)36(23)33-24)9-14(21(26)27)10-19(20)35-6-4-34(5-7-35)16-3-8-37-13-16/h9-10,12,15-16,21H,1-8,13H2,(H2,30,31,32,33). The van der Waals surface area contributed by atoms with Gasteiger partial charge in [-0.3, -0.25) is 4.90 Å². The first kappa shape index (κ1) is 24.1. The number of nitriles is 1. The van der Waals surface area contributed by atoms with Crippen LogP contribution in [-0.4, -0.2) is 76.0 Å². The van der Waals surface area contributed by atoms with E-state index in [2.05, 4.69) is 36.7 Å². The van der Waals surface area contributed by atoms with Crippen LogP contribution in [0.5, 0.6) is 0 Å². The van der Waals surface area contributed by atoms with Gasteiger partial charge in [0.15, 0.2) is 17.2 Å². The number of anilines is 4. The highest BCUT2D eigenvalue weighted by Gasteiger charge is 2.29. The van der Waals surface area contributed by atoms with Gasteiger partial charge in [-0.05, 0) is 31.4 Å². The van der Waals surface area contributed by atoms with Crippen molar-refractivity contribution in [2.75, 3.05) is 54.9 Å². The van der Waals surface area contributed by atoms with Crippen LogP contribution in [0.25, 0.3) is 5.65 Å². The van der Waals surface area contributed by atoms with E-state index in [9.17, 15) is 14.0 Å². The number of imidazole rings is 1. The molecule has 4 heterocycles. The molecule has 0 amide bonds. The zero-order valence-corrected chi connectivity index (χ0v) is 20.8. The minimum atomic E-state index is -2.68. The number of fused-ring (bicyclic) bond motifs is 1. The predicted molar refractivity (Wildman–Crippen MR) is 135 cm³/mol. The van der Waals surface area contributed by atoms with Crippen LogP contribution in [0.3, 0.4) is 0 Å². The van der Waals surface area contributed by atoms with Gasteiger partial charge >= 0.3 is 0 Å². The minimum absolute atomic E-state index is 0.121. The largest absolute Gasteiger partial charge is 0.380 e. The summed E-state index contributed by atoms with van der Waals surface area (Å²) in [6, 6.07) is 5.53. The van der Waals surface area contributed by atoms with Gasteiger partial charge in [-0.25, -0.2) is 13.8 Å². The van der Waals surface area contributed by atoms with Gasteiger partial charge in [0.25, 0.3) is 6.43 Å². The first-order chi connectivity index (χ1) is 18.0. The molecule has 1 atom stereocenters. The lowest BCUT2D eigenvalue weighted by atomic mass is 10.1. The molecule has 10 nitrogen and oxygen atoms in total. The second kappa shape index (κ2) is 9.89. The lowest BCUT2D eigenvalue weighted by molar-refractivity contribution is 0.139. The van der Waals surface area contributed by atoms with Crippen molar-refractivity contribution in [3.63, 3.8) is 0 Å². The number of piperazine rings is 1. The van der Waals surface area contributed by atoms with Crippen LogP contribution in [0.4, 0.5) is 31.9 Å². The molecular weight excluding hydrogens is 504 g/mol. The number of alkyl halides is 2. The third kappa shape index (κ3) is 4.86. The van der Waals surface area contributed by atoms with Gasteiger partial charge in [-0.15, -0.1) is 5.10 Å². The Morgan fingerprint density at radius 3 is 2.65 bits per heavy atom. The summed E-state index contributed by atoms with van der Waals surface area (Å²) in [7, 11) is 0. The Morgan fingerprint density at radius 2 is 1.97 bits per heavy atom. The number of hydrogen-bond donors (Lipinski definition) is 2. The Morgan fingerprint density at radius 1 is 1.16 bits per heavy atom. The van der Waals surface area contributed by atoms with E-state index < -0.39 is 6.43 Å². The van der Waals surface area contributed by atoms with Gasteiger partial charge in [-0.1, -0.05) is 11.6 Å². The van der Waals surface area contributed by atoms with E-state index in [0.29, 0.717) is 41.3 Å². The lowest BCUT2D eigenvalue weighted by Gasteiger charge is -2.39. The van der Waals surface area contributed by atoms with Gasteiger partial charge in [0.2, 0.25) is 5.95 Å². The number of halogens is 3. The van der Waals surface area contributed by atoms with Gasteiger partial charge in [0.05, 0.1) is 29.2 Å². The first-order valence-electron chi connectivity index (χ1n) is 12.4. The van der Waals surface area contributed by atoms with E-state index in [1.807, 2.05) is 4.90 Å². The average Bonchev–Trinajstić information content (AvgIpc) is 3.37. The number of nitrogens with one attached hydrogen (secondary N) is 2. The molecule has 3 aromatic rings. The number of hydrogen-bond acceptors (Lipinski definition) is 9. The van der Waals surface area contributed by atoms with E-state index in [4.69, 9.17) is 16.3 Å². The fraction of sp³-hybridized carbons (Fsp3) is 0.500. The van der Waals surface area contributed by atoms with Crippen molar-refractivity contribution >= 4 is 40.4 Å². The fourth-order valence-electron chi connectivity index (χ4n) is 4.86. The van der Waals surface area contributed by atoms with Crippen molar-refractivity contribution in [1.82, 2.24) is 24.5 Å². The molecule has 0 radical (unpaired) electrons. The molecule has 2 aromatic heterocycles. The normalized spacial score (nSPS) is 20.5. The molecule has 13 heteroatoms. The Kier molecular flexibility index (Phi) is 6.44. The zero-order chi connectivity index (χ0) is 25.5. The minimum Gasteiger partial charge on any atom is -0.380 e. The Balaban J connectivity index is 1.31. The van der Waals surface area contributed by atoms with E-state index in [0.717, 1.165) is 45.6 Å². The predicted octanol–water partition coefficient (Wildman–Crippen LogP) is 3.82. The average molecular weight is 530 g/mol. The summed E-state index contributed by atoms with van der Waals surface area (Å²) in [5.41, 5.74) is 1.33. The van der Waals surface area contributed by atoms with Crippen LogP contribution in [0.2, 0.25) is 5.02 Å². The molecule has 194 valence electrons. The summed E-state index contributed by atoms with van der Waals surface area (Å²) in [6.45, 7) is 4.46. The number of nitrogens with zero attached hydrogens (tertiary/aromatic N) is 7. The molecule has 2 aliphatic heterocycles. The van der Waals surface area contributed by atoms with Gasteiger partial charge in [0, 0.05) is 50.4 Å². The zero-order valence-electron chi connectivity index (χ0n) is 20.0. The molecule has 2 N–H and O–H groups in total. The van der Waals surface area contributed by atoms with Crippen molar-refractivity contribution < 1.29 is 13.5 Å². The van der Waals surface area contributed by atoms with Crippen molar-refractivity contribution in [3.05, 3.63) is 34.6 Å². The van der Waals surface area contributed by atoms with Crippen molar-refractivity contribution in [3.8, 4) is 6.07 Å². The number of benzene rings is 1. The second-order valence-corrected chi connectivity index (χ2v) is 9.94. The molecule has 1 unspecified atom stereocenters. The molecule has 2 saturated heterocycles. The smallest absolute Gasteiger partial charge is 0.264 e. The molecule has 37 heavy (non-hydrogen) atoms. The summed E-state index contributed by atoms with van der Waals surface area (Å²) >= 11 is 6.80. The van der Waals surface area contributed by atoms with Crippen molar-refractivity contribution in [2.45, 2.75) is 37.8 Å². The fourth-order valence-corrected chi connectivity index (χ4v) is 5.14. The molecule has 1 saturated carbocycles. The second-order valence-electron chi connectivity index (χ2n) is 9.56. The van der Waals surface area contributed by atoms with Crippen LogP contribution < -0.4 is 15.5 Å². The summed E-state index contributed by atoms with van der Waals surface area (Å²) in [6.07, 6.45) is 1.78. The monoisotopic (exact) mass is 529 g/mol. The van der Waals surface area contributed by atoms with Crippen LogP contribution in [0.1, 0.15) is 36.9 Å². The highest BCUT2D eigenvalue weighted by atomic mass is 35.5. The summed E-state index contributed by atoms with van der Waals surface area (Å²) in [5, 5.41) is 20.5. The van der Waals surface area contributed by atoms with E-state index in [1.54, 1.807) is 0 Å². The SMILES string of the molecule is N#Cc1cnc2c(NC3CC3)nc(Nc3cc(C(F)F)cc(N4CCN(C5CCOC5)CC4)c3Cl)nn12.